The van der Waals surface area contributed by atoms with Gasteiger partial charge in [-0.15, -0.1) is 0 Å². The van der Waals surface area contributed by atoms with E-state index >= 15 is 0 Å². The SMILES string of the molecule is O=Cc1ccc(Oc2ccc(Br)cc2)nc1. The summed E-state index contributed by atoms with van der Waals surface area (Å²) in [4.78, 5) is 14.4. The highest BCUT2D eigenvalue weighted by Crippen LogP contribution is 2.21. The molecular weight excluding hydrogens is 270 g/mol. The lowest BCUT2D eigenvalue weighted by Crippen LogP contribution is -1.88. The number of hydrogen-bond acceptors (Lipinski definition) is 3. The molecule has 0 saturated carbocycles. The van der Waals surface area contributed by atoms with Gasteiger partial charge in [0.15, 0.2) is 6.29 Å². The van der Waals surface area contributed by atoms with Crippen molar-refractivity contribution >= 4 is 22.2 Å². The van der Waals surface area contributed by atoms with Crippen molar-refractivity contribution in [2.45, 2.75) is 0 Å². The van der Waals surface area contributed by atoms with Crippen LogP contribution in [0.5, 0.6) is 11.6 Å². The zero-order chi connectivity index (χ0) is 11.4. The Morgan fingerprint density at radius 2 is 1.88 bits per heavy atom. The Balaban J connectivity index is 2.14. The molecule has 2 rings (SSSR count). The second kappa shape index (κ2) is 4.90. The normalized spacial score (nSPS) is 9.81. The minimum atomic E-state index is 0.466. The predicted molar refractivity (Wildman–Crippen MR) is 63.8 cm³/mol. The van der Waals surface area contributed by atoms with Gasteiger partial charge >= 0.3 is 0 Å². The van der Waals surface area contributed by atoms with Crippen molar-refractivity contribution in [3.63, 3.8) is 0 Å². The highest BCUT2D eigenvalue weighted by Gasteiger charge is 1.98. The molecule has 2 aromatic rings. The van der Waals surface area contributed by atoms with E-state index in [-0.39, 0.29) is 0 Å². The lowest BCUT2D eigenvalue weighted by molar-refractivity contribution is 0.112. The fourth-order valence-corrected chi connectivity index (χ4v) is 1.41. The van der Waals surface area contributed by atoms with E-state index in [4.69, 9.17) is 4.74 Å². The summed E-state index contributed by atoms with van der Waals surface area (Å²) >= 11 is 3.34. The number of carbonyl (C=O) groups is 1. The number of aromatic nitrogens is 1. The fraction of sp³-hybridized carbons (Fsp3) is 0. The summed E-state index contributed by atoms with van der Waals surface area (Å²) in [6, 6.07) is 10.8. The third-order valence-corrected chi connectivity index (χ3v) is 2.46. The van der Waals surface area contributed by atoms with Gasteiger partial charge in [0.2, 0.25) is 5.88 Å². The number of carbonyl (C=O) groups excluding carboxylic acids is 1. The minimum absolute atomic E-state index is 0.466. The van der Waals surface area contributed by atoms with Crippen LogP contribution in [0, 0.1) is 0 Å². The Kier molecular flexibility index (Phi) is 3.31. The molecule has 0 N–H and O–H groups in total. The van der Waals surface area contributed by atoms with Crippen LogP contribution >= 0.6 is 15.9 Å². The summed E-state index contributed by atoms with van der Waals surface area (Å²) in [5, 5.41) is 0. The van der Waals surface area contributed by atoms with E-state index in [9.17, 15) is 4.79 Å². The highest BCUT2D eigenvalue weighted by molar-refractivity contribution is 9.10. The van der Waals surface area contributed by atoms with Gasteiger partial charge < -0.3 is 4.74 Å². The molecule has 0 saturated heterocycles. The molecule has 0 atom stereocenters. The molecular formula is C12H8BrNO2. The number of rotatable bonds is 3. The summed E-state index contributed by atoms with van der Waals surface area (Å²) in [7, 11) is 0. The Morgan fingerprint density at radius 3 is 2.44 bits per heavy atom. The first kappa shape index (κ1) is 10.8. The van der Waals surface area contributed by atoms with Crippen molar-refractivity contribution in [2.24, 2.45) is 0 Å². The standard InChI is InChI=1S/C12H8BrNO2/c13-10-2-4-11(5-3-10)16-12-6-1-9(8-15)7-14-12/h1-8H. The van der Waals surface area contributed by atoms with Crippen LogP contribution in [0.25, 0.3) is 0 Å². The average molecular weight is 278 g/mol. The zero-order valence-electron chi connectivity index (χ0n) is 8.26. The van der Waals surface area contributed by atoms with Crippen LogP contribution in [0.4, 0.5) is 0 Å². The first-order valence-electron chi connectivity index (χ1n) is 4.62. The number of hydrogen-bond donors (Lipinski definition) is 0. The van der Waals surface area contributed by atoms with Gasteiger partial charge in [-0.3, -0.25) is 4.79 Å². The van der Waals surface area contributed by atoms with E-state index in [1.165, 1.54) is 6.20 Å². The summed E-state index contributed by atoms with van der Waals surface area (Å²) in [6.45, 7) is 0. The lowest BCUT2D eigenvalue weighted by Gasteiger charge is -2.04. The van der Waals surface area contributed by atoms with Crippen molar-refractivity contribution in [2.75, 3.05) is 0 Å². The molecule has 0 amide bonds. The Bertz CT molecular complexity index is 479. The molecule has 0 bridgehead atoms. The second-order valence-corrected chi connectivity index (χ2v) is 4.02. The molecule has 0 aliphatic heterocycles. The second-order valence-electron chi connectivity index (χ2n) is 3.10. The monoisotopic (exact) mass is 277 g/mol. The van der Waals surface area contributed by atoms with Crippen molar-refractivity contribution in [3.05, 3.63) is 52.6 Å². The fourth-order valence-electron chi connectivity index (χ4n) is 1.15. The number of aldehydes is 1. The smallest absolute Gasteiger partial charge is 0.219 e. The van der Waals surface area contributed by atoms with Crippen LogP contribution in [0.3, 0.4) is 0 Å². The molecule has 16 heavy (non-hydrogen) atoms. The van der Waals surface area contributed by atoms with Gasteiger partial charge in [0.1, 0.15) is 5.75 Å². The van der Waals surface area contributed by atoms with Gasteiger partial charge in [0.05, 0.1) is 0 Å². The van der Waals surface area contributed by atoms with E-state index in [1.807, 2.05) is 24.3 Å². The highest BCUT2D eigenvalue weighted by atomic mass is 79.9. The molecule has 1 aromatic carbocycles. The number of ether oxygens (including phenoxy) is 1. The molecule has 1 aromatic heterocycles. The molecule has 0 unspecified atom stereocenters. The molecule has 0 aliphatic carbocycles. The van der Waals surface area contributed by atoms with Crippen molar-refractivity contribution in [1.29, 1.82) is 0 Å². The van der Waals surface area contributed by atoms with Gasteiger partial charge in [-0.05, 0) is 30.3 Å². The maximum Gasteiger partial charge on any atom is 0.219 e. The molecule has 0 fully saturated rings. The molecule has 0 spiro atoms. The first-order valence-corrected chi connectivity index (χ1v) is 5.42. The van der Waals surface area contributed by atoms with Gasteiger partial charge in [0.25, 0.3) is 0 Å². The average Bonchev–Trinajstić information content (AvgIpc) is 2.33. The van der Waals surface area contributed by atoms with Crippen LogP contribution in [0.2, 0.25) is 0 Å². The van der Waals surface area contributed by atoms with Crippen LogP contribution in [0.15, 0.2) is 47.1 Å². The maximum absolute atomic E-state index is 10.4. The van der Waals surface area contributed by atoms with E-state index in [0.29, 0.717) is 17.2 Å². The molecule has 0 radical (unpaired) electrons. The van der Waals surface area contributed by atoms with Gasteiger partial charge in [-0.25, -0.2) is 4.98 Å². The third kappa shape index (κ3) is 2.67. The Morgan fingerprint density at radius 1 is 1.12 bits per heavy atom. The lowest BCUT2D eigenvalue weighted by atomic mass is 10.3. The predicted octanol–water partition coefficient (Wildman–Crippen LogP) is 3.45. The largest absolute Gasteiger partial charge is 0.439 e. The van der Waals surface area contributed by atoms with Gasteiger partial charge in [-0.2, -0.15) is 0 Å². The van der Waals surface area contributed by atoms with E-state index in [0.717, 1.165) is 10.8 Å². The quantitative estimate of drug-likeness (QED) is 0.807. The Labute approximate surface area is 101 Å². The summed E-state index contributed by atoms with van der Waals surface area (Å²) < 4.78 is 6.47. The first-order chi connectivity index (χ1) is 7.78. The number of pyridine rings is 1. The van der Waals surface area contributed by atoms with Crippen molar-refractivity contribution in [1.82, 2.24) is 4.98 Å². The van der Waals surface area contributed by atoms with E-state index in [2.05, 4.69) is 20.9 Å². The van der Waals surface area contributed by atoms with Gasteiger partial charge in [-0.1, -0.05) is 15.9 Å². The summed E-state index contributed by atoms with van der Waals surface area (Å²) in [5.41, 5.74) is 0.531. The summed E-state index contributed by atoms with van der Waals surface area (Å²) in [5.74, 6) is 1.17. The number of nitrogens with zero attached hydrogens (tertiary/aromatic N) is 1. The zero-order valence-corrected chi connectivity index (χ0v) is 9.85. The van der Waals surface area contributed by atoms with Gasteiger partial charge in [0, 0.05) is 22.3 Å². The maximum atomic E-state index is 10.4. The van der Waals surface area contributed by atoms with Crippen LogP contribution in [-0.2, 0) is 0 Å². The Hall–Kier alpha value is -1.68. The molecule has 80 valence electrons. The van der Waals surface area contributed by atoms with Crippen LogP contribution in [0.1, 0.15) is 10.4 Å². The number of benzene rings is 1. The van der Waals surface area contributed by atoms with Crippen molar-refractivity contribution < 1.29 is 9.53 Å². The van der Waals surface area contributed by atoms with Crippen LogP contribution < -0.4 is 4.74 Å². The summed E-state index contributed by atoms with van der Waals surface area (Å²) in [6.07, 6.45) is 2.22. The molecule has 4 heteroatoms. The molecule has 1 heterocycles. The van der Waals surface area contributed by atoms with E-state index < -0.39 is 0 Å². The molecule has 0 aliphatic rings. The minimum Gasteiger partial charge on any atom is -0.439 e. The third-order valence-electron chi connectivity index (χ3n) is 1.93. The van der Waals surface area contributed by atoms with E-state index in [1.54, 1.807) is 12.1 Å². The molecule has 3 nitrogen and oxygen atoms in total. The number of halogens is 1. The topological polar surface area (TPSA) is 39.2 Å². The van der Waals surface area contributed by atoms with Crippen LogP contribution in [-0.4, -0.2) is 11.3 Å². The van der Waals surface area contributed by atoms with Crippen molar-refractivity contribution in [3.8, 4) is 11.6 Å².